The van der Waals surface area contributed by atoms with Crippen LogP contribution in [0.15, 0.2) is 18.2 Å². The maximum absolute atomic E-state index is 14.1. The van der Waals surface area contributed by atoms with Crippen LogP contribution in [0, 0.1) is 11.8 Å². The van der Waals surface area contributed by atoms with Crippen LogP contribution in [0.2, 0.25) is 0 Å². The molecule has 0 unspecified atom stereocenters. The Hall–Kier alpha value is -2.45. The van der Waals surface area contributed by atoms with Gasteiger partial charge in [-0.25, -0.2) is 0 Å². The van der Waals surface area contributed by atoms with Crippen LogP contribution in [0.25, 0.3) is 0 Å². The molecule has 2 amide bonds. The highest BCUT2D eigenvalue weighted by molar-refractivity contribution is 5.99. The van der Waals surface area contributed by atoms with Gasteiger partial charge in [0.25, 0.3) is 0 Å². The Kier molecular flexibility index (Phi) is 7.81. The van der Waals surface area contributed by atoms with Crippen molar-refractivity contribution in [2.75, 3.05) is 50.8 Å². The summed E-state index contributed by atoms with van der Waals surface area (Å²) >= 11 is 0. The van der Waals surface area contributed by atoms with Crippen LogP contribution in [0.4, 0.5) is 5.69 Å². The van der Waals surface area contributed by atoms with Crippen molar-refractivity contribution in [1.29, 1.82) is 0 Å². The second-order valence-electron chi connectivity index (χ2n) is 10.6. The number of piperazine rings is 1. The normalized spacial score (nSPS) is 25.9. The lowest BCUT2D eigenvalue weighted by molar-refractivity contribution is -0.138. The number of ketones is 1. The largest absolute Gasteiger partial charge is 0.369 e. The zero-order chi connectivity index (χ0) is 25.3. The Labute approximate surface area is 208 Å². The number of carbonyl (C=O) groups excluding carboxylic acids is 3. The molecule has 4 atom stereocenters. The third-order valence-corrected chi connectivity index (χ3v) is 7.96. The van der Waals surface area contributed by atoms with Crippen molar-refractivity contribution in [3.05, 3.63) is 29.3 Å². The van der Waals surface area contributed by atoms with Gasteiger partial charge in [-0.1, -0.05) is 27.7 Å². The van der Waals surface area contributed by atoms with Crippen LogP contribution >= 0.6 is 0 Å². The lowest BCUT2D eigenvalue weighted by atomic mass is 9.85. The van der Waals surface area contributed by atoms with E-state index in [1.165, 1.54) is 0 Å². The van der Waals surface area contributed by atoms with Gasteiger partial charge < -0.3 is 25.2 Å². The van der Waals surface area contributed by atoms with Gasteiger partial charge in [0.1, 0.15) is 12.6 Å². The van der Waals surface area contributed by atoms with Crippen molar-refractivity contribution in [2.24, 2.45) is 17.6 Å². The lowest BCUT2D eigenvalue weighted by Crippen LogP contribution is -2.46. The molecule has 2 N–H and O–H groups in total. The molecule has 192 valence electrons. The Morgan fingerprint density at radius 1 is 1.14 bits per heavy atom. The molecule has 3 saturated heterocycles. The van der Waals surface area contributed by atoms with Crippen LogP contribution in [0.3, 0.4) is 0 Å². The zero-order valence-corrected chi connectivity index (χ0v) is 21.5. The highest BCUT2D eigenvalue weighted by Gasteiger charge is 2.52. The number of primary amides is 1. The van der Waals surface area contributed by atoms with E-state index >= 15 is 0 Å². The summed E-state index contributed by atoms with van der Waals surface area (Å²) in [5, 5.41) is 0. The average molecular weight is 485 g/mol. The minimum Gasteiger partial charge on any atom is -0.369 e. The summed E-state index contributed by atoms with van der Waals surface area (Å²) < 4.78 is 5.79. The van der Waals surface area contributed by atoms with Gasteiger partial charge in [-0.2, -0.15) is 0 Å². The summed E-state index contributed by atoms with van der Waals surface area (Å²) in [6.45, 7) is 13.7. The maximum atomic E-state index is 14.1. The fourth-order valence-corrected chi connectivity index (χ4v) is 5.96. The second kappa shape index (κ2) is 10.7. The van der Waals surface area contributed by atoms with Gasteiger partial charge in [0.15, 0.2) is 5.78 Å². The number of rotatable bonds is 8. The molecule has 35 heavy (non-hydrogen) atoms. The number of fused-ring (bicyclic) bond motifs is 1. The molecule has 4 rings (SSSR count). The van der Waals surface area contributed by atoms with Gasteiger partial charge in [-0.15, -0.1) is 0 Å². The van der Waals surface area contributed by atoms with Crippen molar-refractivity contribution < 1.29 is 19.1 Å². The lowest BCUT2D eigenvalue weighted by Gasteiger charge is -2.36. The first-order valence-electron chi connectivity index (χ1n) is 13.1. The molecule has 3 heterocycles. The number of nitrogens with zero attached hydrogens (tertiary/aromatic N) is 3. The first-order valence-corrected chi connectivity index (χ1v) is 13.1. The van der Waals surface area contributed by atoms with E-state index in [-0.39, 0.29) is 36.2 Å². The van der Waals surface area contributed by atoms with E-state index in [9.17, 15) is 14.4 Å². The molecule has 8 heteroatoms. The minimum atomic E-state index is -0.543. The molecule has 3 aliphatic heterocycles. The van der Waals surface area contributed by atoms with Gasteiger partial charge in [-0.3, -0.25) is 14.4 Å². The second-order valence-corrected chi connectivity index (χ2v) is 10.6. The van der Waals surface area contributed by atoms with Crippen molar-refractivity contribution >= 4 is 23.3 Å². The zero-order valence-electron chi connectivity index (χ0n) is 21.5. The number of hydrogen-bond acceptors (Lipinski definition) is 6. The van der Waals surface area contributed by atoms with Gasteiger partial charge in [0.05, 0.1) is 12.0 Å². The van der Waals surface area contributed by atoms with Crippen LogP contribution < -0.4 is 10.6 Å². The smallest absolute Gasteiger partial charge is 0.249 e. The highest BCUT2D eigenvalue weighted by Crippen LogP contribution is 2.38. The van der Waals surface area contributed by atoms with Crippen molar-refractivity contribution in [1.82, 2.24) is 9.80 Å². The fraction of sp³-hybridized carbons (Fsp3) is 0.667. The minimum absolute atomic E-state index is 0.0275. The third kappa shape index (κ3) is 5.09. The van der Waals surface area contributed by atoms with Gasteiger partial charge in [0.2, 0.25) is 11.8 Å². The number of anilines is 1. The molecule has 0 spiro atoms. The van der Waals surface area contributed by atoms with Gasteiger partial charge in [-0.05, 0) is 49.1 Å². The highest BCUT2D eigenvalue weighted by atomic mass is 16.5. The number of nitrogens with two attached hydrogens (primary N) is 1. The Bertz CT molecular complexity index is 956. The summed E-state index contributed by atoms with van der Waals surface area (Å²) in [5.41, 5.74) is 7.86. The predicted molar refractivity (Wildman–Crippen MR) is 136 cm³/mol. The first-order chi connectivity index (χ1) is 16.7. The molecule has 3 aliphatic rings. The molecule has 1 aromatic carbocycles. The Morgan fingerprint density at radius 3 is 2.46 bits per heavy atom. The number of carbonyl (C=O) groups is 3. The number of likely N-dealkylation sites (tertiary alicyclic amines) is 1. The molecular weight excluding hydrogens is 444 g/mol. The van der Waals surface area contributed by atoms with Crippen LogP contribution in [-0.4, -0.2) is 85.4 Å². The predicted octanol–water partition coefficient (Wildman–Crippen LogP) is 2.26. The average Bonchev–Trinajstić information content (AvgIpc) is 3.42. The number of likely N-dealkylation sites (N-methyl/N-ethyl adjacent to an activating group) is 1. The summed E-state index contributed by atoms with van der Waals surface area (Å²) in [6, 6.07) is 5.18. The van der Waals surface area contributed by atoms with E-state index < -0.39 is 17.9 Å². The Morgan fingerprint density at radius 2 is 1.86 bits per heavy atom. The number of Topliss-reactive ketones (excluding diaryl/α,β-unsaturated/α-hetero) is 1. The summed E-state index contributed by atoms with van der Waals surface area (Å²) in [5.74, 6) is -0.836. The number of benzene rings is 1. The van der Waals surface area contributed by atoms with E-state index in [4.69, 9.17) is 10.5 Å². The van der Waals surface area contributed by atoms with Crippen LogP contribution in [0.1, 0.15) is 62.4 Å². The quantitative estimate of drug-likeness (QED) is 0.608. The van der Waals surface area contributed by atoms with E-state index in [2.05, 4.69) is 37.5 Å². The monoisotopic (exact) mass is 484 g/mol. The molecule has 8 nitrogen and oxygen atoms in total. The fourth-order valence-electron chi connectivity index (χ4n) is 5.96. The molecule has 0 bridgehead atoms. The number of ether oxygens (including phenoxy) is 1. The maximum Gasteiger partial charge on any atom is 0.249 e. The van der Waals surface area contributed by atoms with Crippen molar-refractivity contribution in [3.8, 4) is 0 Å². The molecule has 0 saturated carbocycles. The van der Waals surface area contributed by atoms with Crippen molar-refractivity contribution in [2.45, 2.75) is 58.6 Å². The first kappa shape index (κ1) is 25.6. The van der Waals surface area contributed by atoms with Crippen molar-refractivity contribution in [3.63, 3.8) is 0 Å². The van der Waals surface area contributed by atoms with E-state index in [0.717, 1.165) is 44.8 Å². The van der Waals surface area contributed by atoms with Gasteiger partial charge >= 0.3 is 0 Å². The number of hydrogen-bond donors (Lipinski definition) is 1. The molecule has 0 radical (unpaired) electrons. The van der Waals surface area contributed by atoms with Gasteiger partial charge in [0, 0.05) is 49.9 Å². The van der Waals surface area contributed by atoms with E-state index in [1.54, 1.807) is 11.0 Å². The number of amides is 2. The van der Waals surface area contributed by atoms with E-state index in [1.807, 2.05) is 12.1 Å². The molecule has 0 aromatic heterocycles. The Balaban J connectivity index is 1.69. The molecule has 3 fully saturated rings. The SMILES string of the molecule is CC[C@H]1CN(C(=O)[C@@H](CC(C)C)c2cc(N3CCN(CC)CC3)ccc2C(N)=O)[C@@H]2C(=O)CO[C@H]12. The summed E-state index contributed by atoms with van der Waals surface area (Å²) in [7, 11) is 0. The summed E-state index contributed by atoms with van der Waals surface area (Å²) in [4.78, 5) is 45.7. The van der Waals surface area contributed by atoms with E-state index in [0.29, 0.717) is 24.1 Å². The third-order valence-electron chi connectivity index (χ3n) is 7.96. The molecular formula is C27H40N4O4. The molecule has 1 aromatic rings. The molecule has 0 aliphatic carbocycles. The van der Waals surface area contributed by atoms with Crippen LogP contribution in [0.5, 0.6) is 0 Å². The van der Waals surface area contributed by atoms with Crippen LogP contribution in [-0.2, 0) is 14.3 Å². The summed E-state index contributed by atoms with van der Waals surface area (Å²) in [6.07, 6.45) is 1.19. The standard InChI is InChI=1S/C27H40N4O4/c1-5-18-15-31(24-23(32)16-35-25(18)24)27(34)22(13-17(3)4)21-14-19(7-8-20(21)26(28)33)30-11-9-29(6-2)10-12-30/h7-8,14,17-18,22,24-25H,5-6,9-13,15-16H2,1-4H3,(H2,28,33)/t18-,22-,24+,25+/m0/s1. The topological polar surface area (TPSA) is 96.2 Å².